The minimum Gasteiger partial charge on any atom is -0.509 e. The topological polar surface area (TPSA) is 92.5 Å². The van der Waals surface area contributed by atoms with Gasteiger partial charge < -0.3 is 9.30 Å². The first-order valence-corrected chi connectivity index (χ1v) is 14.5. The molecule has 0 fully saturated rings. The molecule has 7 rings (SSSR count). The van der Waals surface area contributed by atoms with Gasteiger partial charge in [0.2, 0.25) is 0 Å². The third kappa shape index (κ3) is 5.47. The fourth-order valence-electron chi connectivity index (χ4n) is 5.56. The van der Waals surface area contributed by atoms with Gasteiger partial charge in [-0.25, -0.2) is 4.98 Å². The molecule has 0 saturated carbocycles. The zero-order chi connectivity index (χ0) is 31.1. The molecule has 0 bridgehead atoms. The average molecular weight is 778 g/mol. The molecule has 0 aliphatic carbocycles. The zero-order valence-electron chi connectivity index (χ0n) is 25.2. The molecule has 0 amide bonds. The van der Waals surface area contributed by atoms with Crippen LogP contribution in [0.5, 0.6) is 11.5 Å². The Balaban J connectivity index is 0.00000372. The number of nitriles is 2. The third-order valence-electron chi connectivity index (χ3n) is 7.79. The normalized spacial score (nSPS) is 11.2. The van der Waals surface area contributed by atoms with Crippen molar-refractivity contribution in [3.63, 3.8) is 0 Å². The van der Waals surface area contributed by atoms with E-state index in [1.165, 1.54) is 5.56 Å². The van der Waals surface area contributed by atoms with Crippen LogP contribution in [0.15, 0.2) is 104 Å². The first-order valence-electron chi connectivity index (χ1n) is 14.5. The standard InChI is InChI=1S/C38H26N6O.Pt/c1-38(2,3)28-16-17-41-36(18-28)44-34-13-5-4-12-32(34)33-15-14-31(20-35(33)44)45-30-11-7-10-29(19-30)43-24-27(23-42-43)37-25(21-39)8-6-9-26(37)22-40;/h4-18,23-24H,1-3H3;/q-2;+2. The van der Waals surface area contributed by atoms with Crippen molar-refractivity contribution in [2.45, 2.75) is 26.2 Å². The summed E-state index contributed by atoms with van der Waals surface area (Å²) in [5.41, 5.74) is 5.77. The van der Waals surface area contributed by atoms with Gasteiger partial charge in [-0.1, -0.05) is 50.6 Å². The molecule has 8 heteroatoms. The van der Waals surface area contributed by atoms with E-state index < -0.39 is 0 Å². The predicted octanol–water partition coefficient (Wildman–Crippen LogP) is 8.46. The summed E-state index contributed by atoms with van der Waals surface area (Å²) in [5.74, 6) is 1.85. The van der Waals surface area contributed by atoms with E-state index >= 15 is 0 Å². The second-order valence-corrected chi connectivity index (χ2v) is 11.7. The summed E-state index contributed by atoms with van der Waals surface area (Å²) in [5, 5.41) is 25.9. The van der Waals surface area contributed by atoms with Crippen LogP contribution in [0, 0.1) is 34.8 Å². The van der Waals surface area contributed by atoms with Crippen LogP contribution in [0.2, 0.25) is 0 Å². The van der Waals surface area contributed by atoms with Crippen molar-refractivity contribution in [2.75, 3.05) is 0 Å². The molecule has 0 unspecified atom stereocenters. The van der Waals surface area contributed by atoms with E-state index in [1.54, 1.807) is 35.3 Å². The number of nitrogens with zero attached hydrogens (tertiary/aromatic N) is 6. The number of hydrogen-bond donors (Lipinski definition) is 0. The molecule has 4 aromatic carbocycles. The van der Waals surface area contributed by atoms with E-state index in [-0.39, 0.29) is 26.5 Å². The first-order chi connectivity index (χ1) is 21.8. The van der Waals surface area contributed by atoms with E-state index in [0.29, 0.717) is 39.4 Å². The Bertz CT molecular complexity index is 2300. The quantitative estimate of drug-likeness (QED) is 0.164. The Morgan fingerprint density at radius 1 is 0.804 bits per heavy atom. The monoisotopic (exact) mass is 777 g/mol. The van der Waals surface area contributed by atoms with Gasteiger partial charge in [0.05, 0.1) is 29.5 Å². The van der Waals surface area contributed by atoms with E-state index in [2.05, 4.69) is 85.0 Å². The van der Waals surface area contributed by atoms with Crippen LogP contribution >= 0.6 is 0 Å². The summed E-state index contributed by atoms with van der Waals surface area (Å²) in [6.45, 7) is 6.58. The van der Waals surface area contributed by atoms with Crippen LogP contribution < -0.4 is 4.74 Å². The number of ether oxygens (including phenoxy) is 1. The Morgan fingerprint density at radius 3 is 2.30 bits per heavy atom. The Morgan fingerprint density at radius 2 is 1.54 bits per heavy atom. The van der Waals surface area contributed by atoms with Crippen molar-refractivity contribution >= 4 is 21.8 Å². The van der Waals surface area contributed by atoms with Gasteiger partial charge in [0.15, 0.2) is 0 Å². The molecule has 224 valence electrons. The molecule has 46 heavy (non-hydrogen) atoms. The molecule has 0 atom stereocenters. The minimum absolute atomic E-state index is 0. The van der Waals surface area contributed by atoms with E-state index in [0.717, 1.165) is 27.6 Å². The summed E-state index contributed by atoms with van der Waals surface area (Å²) >= 11 is 0. The summed E-state index contributed by atoms with van der Waals surface area (Å²) in [4.78, 5) is 4.75. The van der Waals surface area contributed by atoms with Gasteiger partial charge in [-0.3, -0.25) is 4.68 Å². The van der Waals surface area contributed by atoms with Crippen LogP contribution in [0.1, 0.15) is 37.5 Å². The second kappa shape index (κ2) is 12.1. The number of rotatable bonds is 5. The van der Waals surface area contributed by atoms with Crippen LogP contribution in [-0.4, -0.2) is 19.3 Å². The SMILES string of the molecule is CC(C)(C)c1ccnc(-n2c3[c-]c(Oc4[c-]c(-n5cc(-c6c(C#N)cccc6C#N)cn5)ccc4)ccc3c3ccccc32)c1.[Pt+2]. The van der Waals surface area contributed by atoms with Gasteiger partial charge in [0.25, 0.3) is 0 Å². The summed E-state index contributed by atoms with van der Waals surface area (Å²) in [6.07, 6.45) is 5.28. The average Bonchev–Trinajstić information content (AvgIpc) is 3.67. The fourth-order valence-corrected chi connectivity index (χ4v) is 5.56. The van der Waals surface area contributed by atoms with Gasteiger partial charge in [-0.05, 0) is 52.4 Å². The molecule has 0 spiro atoms. The Hall–Kier alpha value is -5.49. The summed E-state index contributed by atoms with van der Waals surface area (Å²) < 4.78 is 10.1. The second-order valence-electron chi connectivity index (χ2n) is 11.7. The maximum absolute atomic E-state index is 9.62. The van der Waals surface area contributed by atoms with Crippen molar-refractivity contribution in [3.8, 4) is 46.3 Å². The summed E-state index contributed by atoms with van der Waals surface area (Å²) in [7, 11) is 0. The van der Waals surface area contributed by atoms with Crippen molar-refractivity contribution < 1.29 is 25.8 Å². The molecule has 0 saturated heterocycles. The van der Waals surface area contributed by atoms with Crippen LogP contribution in [-0.2, 0) is 26.5 Å². The van der Waals surface area contributed by atoms with E-state index in [9.17, 15) is 10.5 Å². The first kappa shape index (κ1) is 30.5. The predicted molar refractivity (Wildman–Crippen MR) is 173 cm³/mol. The van der Waals surface area contributed by atoms with Gasteiger partial charge in [-0.15, -0.1) is 35.7 Å². The van der Waals surface area contributed by atoms with Crippen molar-refractivity contribution in [3.05, 3.63) is 132 Å². The molecule has 3 heterocycles. The third-order valence-corrected chi connectivity index (χ3v) is 7.79. The van der Waals surface area contributed by atoms with Gasteiger partial charge in [-0.2, -0.15) is 27.8 Å². The number of aromatic nitrogens is 4. The Labute approximate surface area is 281 Å². The number of para-hydroxylation sites is 1. The number of hydrogen-bond acceptors (Lipinski definition) is 5. The molecule has 0 N–H and O–H groups in total. The molecular weight excluding hydrogens is 752 g/mol. The maximum atomic E-state index is 9.62. The molecule has 0 aliphatic heterocycles. The number of benzene rings is 4. The maximum Gasteiger partial charge on any atom is 2.00 e. The molecule has 0 aliphatic rings. The largest absolute Gasteiger partial charge is 2.00 e. The van der Waals surface area contributed by atoms with Crippen molar-refractivity contribution in [2.24, 2.45) is 0 Å². The van der Waals surface area contributed by atoms with Gasteiger partial charge in [0, 0.05) is 40.5 Å². The molecule has 7 aromatic rings. The fraction of sp³-hybridized carbons (Fsp3) is 0.105. The van der Waals surface area contributed by atoms with E-state index in [4.69, 9.17) is 9.72 Å². The van der Waals surface area contributed by atoms with Crippen molar-refractivity contribution in [1.29, 1.82) is 10.5 Å². The van der Waals surface area contributed by atoms with Crippen LogP contribution in [0.4, 0.5) is 0 Å². The van der Waals surface area contributed by atoms with E-state index in [1.807, 2.05) is 42.6 Å². The summed E-state index contributed by atoms with van der Waals surface area (Å²) in [6, 6.07) is 38.2. The van der Waals surface area contributed by atoms with Gasteiger partial charge in [0.1, 0.15) is 5.82 Å². The molecule has 7 nitrogen and oxygen atoms in total. The number of pyridine rings is 1. The Kier molecular flexibility index (Phi) is 8.05. The smallest absolute Gasteiger partial charge is 0.509 e. The molecule has 0 radical (unpaired) electrons. The van der Waals surface area contributed by atoms with Crippen LogP contribution in [0.3, 0.4) is 0 Å². The van der Waals surface area contributed by atoms with Crippen molar-refractivity contribution in [1.82, 2.24) is 19.3 Å². The van der Waals surface area contributed by atoms with Crippen LogP contribution in [0.25, 0.3) is 44.4 Å². The number of fused-ring (bicyclic) bond motifs is 3. The minimum atomic E-state index is -0.0260. The molecule has 3 aromatic heterocycles. The molecular formula is C38H26N6OPt. The van der Waals surface area contributed by atoms with Gasteiger partial charge >= 0.3 is 21.1 Å². The zero-order valence-corrected chi connectivity index (χ0v) is 27.5.